The third-order valence-corrected chi connectivity index (χ3v) is 6.04. The second-order valence-electron chi connectivity index (χ2n) is 6.08. The summed E-state index contributed by atoms with van der Waals surface area (Å²) in [6, 6.07) is 8.15. The summed E-state index contributed by atoms with van der Waals surface area (Å²) in [6.45, 7) is 1.81. The highest BCUT2D eigenvalue weighted by atomic mass is 32.2. The van der Waals surface area contributed by atoms with Crippen molar-refractivity contribution in [3.8, 4) is 11.3 Å². The molecule has 2 amide bonds. The number of halogens is 2. The topological polar surface area (TPSA) is 71.1 Å². The summed E-state index contributed by atoms with van der Waals surface area (Å²) in [6.07, 6.45) is 0. The molecule has 2 N–H and O–H groups in total. The number of aromatic nitrogens is 1. The first-order valence-electron chi connectivity index (χ1n) is 8.24. The second-order valence-corrected chi connectivity index (χ2v) is 8.32. The van der Waals surface area contributed by atoms with Crippen molar-refractivity contribution in [2.24, 2.45) is 0 Å². The first-order valence-corrected chi connectivity index (χ1v) is 10.0. The zero-order valence-electron chi connectivity index (χ0n) is 14.5. The number of thiazole rings is 1. The molecule has 0 fully saturated rings. The van der Waals surface area contributed by atoms with Gasteiger partial charge in [0.2, 0.25) is 5.91 Å². The van der Waals surface area contributed by atoms with E-state index in [-0.39, 0.29) is 27.5 Å². The highest BCUT2D eigenvalue weighted by Gasteiger charge is 2.24. The number of fused-ring (bicyclic) bond motifs is 1. The van der Waals surface area contributed by atoms with Crippen molar-refractivity contribution in [2.45, 2.75) is 17.1 Å². The standard InChI is InChI=1S/C19H13F2N3O2S2/c1-9-17(25)22-14-6-10(2-5-16(14)28-9)18(26)24-19-23-15(8-27-19)12-7-11(20)3-4-13(12)21/h2-9H,1H3,(H,22,25)(H,23,24,26)/t9-/m1/s1. The molecule has 1 aliphatic heterocycles. The Bertz CT molecular complexity index is 1100. The van der Waals surface area contributed by atoms with Crippen molar-refractivity contribution in [3.63, 3.8) is 0 Å². The molecule has 1 atom stereocenters. The molecule has 5 nitrogen and oxygen atoms in total. The Balaban J connectivity index is 1.53. The monoisotopic (exact) mass is 417 g/mol. The zero-order valence-corrected chi connectivity index (χ0v) is 16.1. The van der Waals surface area contributed by atoms with Crippen molar-refractivity contribution in [1.29, 1.82) is 0 Å². The summed E-state index contributed by atoms with van der Waals surface area (Å²) >= 11 is 2.53. The SMILES string of the molecule is C[C@H]1Sc2ccc(C(=O)Nc3nc(-c4cc(F)ccc4F)cs3)cc2NC1=O. The Hall–Kier alpha value is -2.78. The number of hydrogen-bond acceptors (Lipinski definition) is 5. The molecule has 0 spiro atoms. The van der Waals surface area contributed by atoms with E-state index in [4.69, 9.17) is 0 Å². The van der Waals surface area contributed by atoms with Gasteiger partial charge in [0.05, 0.1) is 16.6 Å². The van der Waals surface area contributed by atoms with Crippen LogP contribution in [0.3, 0.4) is 0 Å². The number of nitrogens with zero attached hydrogens (tertiary/aromatic N) is 1. The van der Waals surface area contributed by atoms with E-state index in [0.29, 0.717) is 11.3 Å². The minimum atomic E-state index is -0.596. The van der Waals surface area contributed by atoms with Crippen LogP contribution in [0.5, 0.6) is 0 Å². The molecule has 9 heteroatoms. The summed E-state index contributed by atoms with van der Waals surface area (Å²) in [5.74, 6) is -1.70. The number of amides is 2. The maximum Gasteiger partial charge on any atom is 0.257 e. The Morgan fingerprint density at radius 2 is 2.04 bits per heavy atom. The summed E-state index contributed by atoms with van der Waals surface area (Å²) in [5, 5.41) is 7.03. The van der Waals surface area contributed by atoms with E-state index in [0.717, 1.165) is 34.4 Å². The number of anilines is 2. The summed E-state index contributed by atoms with van der Waals surface area (Å²) in [7, 11) is 0. The smallest absolute Gasteiger partial charge is 0.257 e. The van der Waals surface area contributed by atoms with Gasteiger partial charge in [0, 0.05) is 21.4 Å². The second kappa shape index (κ2) is 7.33. The molecule has 4 rings (SSSR count). The third-order valence-electron chi connectivity index (χ3n) is 4.10. The Kier molecular flexibility index (Phi) is 4.86. The van der Waals surface area contributed by atoms with Gasteiger partial charge in [-0.25, -0.2) is 13.8 Å². The van der Waals surface area contributed by atoms with Crippen LogP contribution in [0.1, 0.15) is 17.3 Å². The quantitative estimate of drug-likeness (QED) is 0.644. The van der Waals surface area contributed by atoms with Crippen molar-refractivity contribution in [1.82, 2.24) is 4.98 Å². The van der Waals surface area contributed by atoms with Gasteiger partial charge in [0.1, 0.15) is 11.6 Å². The number of rotatable bonds is 3. The minimum absolute atomic E-state index is 0.0272. The van der Waals surface area contributed by atoms with Crippen molar-refractivity contribution >= 4 is 45.7 Å². The average Bonchev–Trinajstić information content (AvgIpc) is 3.12. The summed E-state index contributed by atoms with van der Waals surface area (Å²) in [4.78, 5) is 29.4. The van der Waals surface area contributed by atoms with Crippen LogP contribution in [-0.2, 0) is 4.79 Å². The fourth-order valence-electron chi connectivity index (χ4n) is 2.67. The van der Waals surface area contributed by atoms with Crippen LogP contribution in [0.15, 0.2) is 46.7 Å². The Morgan fingerprint density at radius 1 is 1.21 bits per heavy atom. The van der Waals surface area contributed by atoms with Crippen molar-refractivity contribution in [3.05, 3.63) is 59.0 Å². The molecular formula is C19H13F2N3O2S2. The van der Waals surface area contributed by atoms with Gasteiger partial charge in [-0.15, -0.1) is 23.1 Å². The predicted molar refractivity (Wildman–Crippen MR) is 106 cm³/mol. The van der Waals surface area contributed by atoms with Crippen LogP contribution in [0, 0.1) is 11.6 Å². The Labute approximate surface area is 167 Å². The highest BCUT2D eigenvalue weighted by molar-refractivity contribution is 8.00. The van der Waals surface area contributed by atoms with Crippen LogP contribution in [0.4, 0.5) is 19.6 Å². The molecule has 1 aliphatic rings. The average molecular weight is 417 g/mol. The lowest BCUT2D eigenvalue weighted by Gasteiger charge is -2.21. The molecule has 1 aromatic heterocycles. The molecule has 3 aromatic rings. The molecule has 2 aromatic carbocycles. The molecular weight excluding hydrogens is 404 g/mol. The van der Waals surface area contributed by atoms with Crippen molar-refractivity contribution in [2.75, 3.05) is 10.6 Å². The van der Waals surface area contributed by atoms with Gasteiger partial charge < -0.3 is 5.32 Å². The van der Waals surface area contributed by atoms with Gasteiger partial charge in [0.15, 0.2) is 5.13 Å². The number of thioether (sulfide) groups is 1. The van der Waals surface area contributed by atoms with Gasteiger partial charge in [0.25, 0.3) is 5.91 Å². The fourth-order valence-corrected chi connectivity index (χ4v) is 4.30. The van der Waals surface area contributed by atoms with Gasteiger partial charge in [-0.1, -0.05) is 0 Å². The molecule has 0 radical (unpaired) electrons. The Morgan fingerprint density at radius 3 is 2.86 bits per heavy atom. The molecule has 0 saturated heterocycles. The largest absolute Gasteiger partial charge is 0.324 e. The predicted octanol–water partition coefficient (Wildman–Crippen LogP) is 4.77. The fraction of sp³-hybridized carbons (Fsp3) is 0.105. The van der Waals surface area contributed by atoms with E-state index in [1.807, 2.05) is 6.92 Å². The molecule has 2 heterocycles. The molecule has 0 unspecified atom stereocenters. The van der Waals surface area contributed by atoms with E-state index in [9.17, 15) is 18.4 Å². The molecule has 0 aliphatic carbocycles. The van der Waals surface area contributed by atoms with E-state index >= 15 is 0 Å². The van der Waals surface area contributed by atoms with Crippen LogP contribution in [0.2, 0.25) is 0 Å². The lowest BCUT2D eigenvalue weighted by atomic mass is 10.1. The van der Waals surface area contributed by atoms with Gasteiger partial charge in [-0.3, -0.25) is 14.9 Å². The van der Waals surface area contributed by atoms with Gasteiger partial charge >= 0.3 is 0 Å². The van der Waals surface area contributed by atoms with E-state index in [1.54, 1.807) is 23.6 Å². The number of carbonyl (C=O) groups is 2. The number of nitrogens with one attached hydrogen (secondary N) is 2. The van der Waals surface area contributed by atoms with Crippen LogP contribution in [0.25, 0.3) is 11.3 Å². The van der Waals surface area contributed by atoms with Crippen LogP contribution >= 0.6 is 23.1 Å². The van der Waals surface area contributed by atoms with Crippen molar-refractivity contribution < 1.29 is 18.4 Å². The van der Waals surface area contributed by atoms with E-state index in [2.05, 4.69) is 15.6 Å². The maximum absolute atomic E-state index is 13.9. The third kappa shape index (κ3) is 3.63. The molecule has 0 bridgehead atoms. The van der Waals surface area contributed by atoms with Crippen LogP contribution in [-0.4, -0.2) is 22.0 Å². The first kappa shape index (κ1) is 18.6. The number of benzene rings is 2. The molecule has 28 heavy (non-hydrogen) atoms. The lowest BCUT2D eigenvalue weighted by molar-refractivity contribution is -0.115. The highest BCUT2D eigenvalue weighted by Crippen LogP contribution is 2.36. The molecule has 142 valence electrons. The lowest BCUT2D eigenvalue weighted by Crippen LogP contribution is -2.26. The van der Waals surface area contributed by atoms with E-state index in [1.165, 1.54) is 11.8 Å². The number of hydrogen-bond donors (Lipinski definition) is 2. The van der Waals surface area contributed by atoms with Gasteiger partial charge in [-0.2, -0.15) is 0 Å². The maximum atomic E-state index is 13.9. The van der Waals surface area contributed by atoms with Crippen LogP contribution < -0.4 is 10.6 Å². The normalized spacial score (nSPS) is 15.7. The molecule has 0 saturated carbocycles. The summed E-state index contributed by atoms with van der Waals surface area (Å²) in [5.41, 5.74) is 1.20. The minimum Gasteiger partial charge on any atom is -0.324 e. The first-order chi connectivity index (χ1) is 13.4. The zero-order chi connectivity index (χ0) is 19.8. The summed E-state index contributed by atoms with van der Waals surface area (Å²) < 4.78 is 27.3. The number of carbonyl (C=O) groups excluding carboxylic acids is 2. The van der Waals surface area contributed by atoms with Gasteiger partial charge in [-0.05, 0) is 43.3 Å². The van der Waals surface area contributed by atoms with E-state index < -0.39 is 17.5 Å².